The van der Waals surface area contributed by atoms with E-state index < -0.39 is 0 Å². The number of carbonyl (C=O) groups excluding carboxylic acids is 1. The number of halogens is 2. The zero-order chi connectivity index (χ0) is 21.5. The van der Waals surface area contributed by atoms with Gasteiger partial charge in [0.1, 0.15) is 24.4 Å². The minimum Gasteiger partial charge on any atom is -0.496 e. The lowest BCUT2D eigenvalue weighted by Crippen LogP contribution is -2.56. The predicted octanol–water partition coefficient (Wildman–Crippen LogP) is 4.79. The highest BCUT2D eigenvalue weighted by Crippen LogP contribution is 2.43. The van der Waals surface area contributed by atoms with E-state index in [0.717, 1.165) is 12.0 Å². The standard InChI is InChI=1S/C24H23BrFNO4/c1-29-21-5-3-2-4-15(21)18-12-30-24-16(23(18)28)7-9-22-17(24)11-27(13-31-22)20-8-6-14(25)10-19(20)26/h2-6,8,10,12,16-17,22,24H,7,9,11,13H2,1H3. The number of para-hydroxylation sites is 1. The molecule has 0 amide bonds. The number of Topliss-reactive ketones (excluding diaryl/α,β-unsaturated/α-hetero) is 1. The number of carbonyl (C=O) groups is 1. The highest BCUT2D eigenvalue weighted by atomic mass is 79.9. The van der Waals surface area contributed by atoms with Gasteiger partial charge in [0.05, 0.1) is 36.7 Å². The normalized spacial score (nSPS) is 27.6. The molecule has 2 aromatic rings. The van der Waals surface area contributed by atoms with Crippen molar-refractivity contribution >= 4 is 33.0 Å². The van der Waals surface area contributed by atoms with Gasteiger partial charge in [-0.2, -0.15) is 0 Å². The van der Waals surface area contributed by atoms with Gasteiger partial charge in [-0.05, 0) is 37.1 Å². The fraction of sp³-hybridized carbons (Fsp3) is 0.375. The van der Waals surface area contributed by atoms with Crippen LogP contribution in [0.3, 0.4) is 0 Å². The van der Waals surface area contributed by atoms with Crippen molar-refractivity contribution in [3.8, 4) is 5.75 Å². The summed E-state index contributed by atoms with van der Waals surface area (Å²) in [5.74, 6) is 0.157. The SMILES string of the molecule is COc1ccccc1C1=COC2C(CCC3OCN(c4ccc(Br)cc4F)CC32)C1=O. The Morgan fingerprint density at radius 3 is 2.84 bits per heavy atom. The molecule has 0 radical (unpaired) electrons. The number of fused-ring (bicyclic) bond motifs is 3. The van der Waals surface area contributed by atoms with Gasteiger partial charge in [0, 0.05) is 22.5 Å². The van der Waals surface area contributed by atoms with Crippen LogP contribution in [0.15, 0.2) is 53.2 Å². The third kappa shape index (κ3) is 3.64. The second kappa shape index (κ2) is 8.28. The van der Waals surface area contributed by atoms with E-state index in [1.54, 1.807) is 19.4 Å². The summed E-state index contributed by atoms with van der Waals surface area (Å²) in [5.41, 5.74) is 1.79. The highest BCUT2D eigenvalue weighted by Gasteiger charge is 2.49. The van der Waals surface area contributed by atoms with Crippen LogP contribution in [0.1, 0.15) is 18.4 Å². The van der Waals surface area contributed by atoms with Gasteiger partial charge >= 0.3 is 0 Å². The molecule has 7 heteroatoms. The molecule has 5 nitrogen and oxygen atoms in total. The van der Waals surface area contributed by atoms with Crippen LogP contribution in [-0.4, -0.2) is 38.4 Å². The third-order valence-electron chi connectivity index (χ3n) is 6.53. The molecular formula is C24H23BrFNO4. The van der Waals surface area contributed by atoms with E-state index in [4.69, 9.17) is 14.2 Å². The molecule has 1 saturated heterocycles. The molecule has 0 N–H and O–H groups in total. The van der Waals surface area contributed by atoms with Crippen molar-refractivity contribution in [1.29, 1.82) is 0 Å². The lowest BCUT2D eigenvalue weighted by atomic mass is 9.71. The Balaban J connectivity index is 1.41. The summed E-state index contributed by atoms with van der Waals surface area (Å²) in [6.07, 6.45) is 2.79. The highest BCUT2D eigenvalue weighted by molar-refractivity contribution is 9.10. The van der Waals surface area contributed by atoms with Gasteiger partial charge in [-0.3, -0.25) is 4.79 Å². The number of methoxy groups -OCH3 is 1. The van der Waals surface area contributed by atoms with Crippen molar-refractivity contribution in [3.63, 3.8) is 0 Å². The summed E-state index contributed by atoms with van der Waals surface area (Å²) < 4.78 is 32.9. The maximum Gasteiger partial charge on any atom is 0.173 e. The molecule has 0 spiro atoms. The smallest absolute Gasteiger partial charge is 0.173 e. The lowest BCUT2D eigenvalue weighted by molar-refractivity contribution is -0.141. The Kier molecular flexibility index (Phi) is 5.48. The van der Waals surface area contributed by atoms with Crippen LogP contribution in [-0.2, 0) is 14.3 Å². The first-order valence-corrected chi connectivity index (χ1v) is 11.2. The van der Waals surface area contributed by atoms with Gasteiger partial charge in [-0.1, -0.05) is 34.1 Å². The minimum absolute atomic E-state index is 0.00465. The van der Waals surface area contributed by atoms with Crippen molar-refractivity contribution in [2.24, 2.45) is 11.8 Å². The Labute approximate surface area is 188 Å². The Hall–Kier alpha value is -2.38. The van der Waals surface area contributed by atoms with E-state index >= 15 is 0 Å². The van der Waals surface area contributed by atoms with Crippen LogP contribution >= 0.6 is 15.9 Å². The molecule has 2 aromatic carbocycles. The summed E-state index contributed by atoms with van der Waals surface area (Å²) >= 11 is 3.30. The van der Waals surface area contributed by atoms with Crippen molar-refractivity contribution in [1.82, 2.24) is 0 Å². The molecule has 5 rings (SSSR count). The van der Waals surface area contributed by atoms with Gasteiger partial charge in [0.15, 0.2) is 5.78 Å². The predicted molar refractivity (Wildman–Crippen MR) is 118 cm³/mol. The van der Waals surface area contributed by atoms with Crippen molar-refractivity contribution in [3.05, 3.63) is 64.6 Å². The monoisotopic (exact) mass is 487 g/mol. The van der Waals surface area contributed by atoms with E-state index in [-0.39, 0.29) is 35.6 Å². The van der Waals surface area contributed by atoms with Gasteiger partial charge < -0.3 is 19.1 Å². The molecule has 4 unspecified atom stereocenters. The summed E-state index contributed by atoms with van der Waals surface area (Å²) in [4.78, 5) is 15.3. The molecule has 1 saturated carbocycles. The Morgan fingerprint density at radius 1 is 1.19 bits per heavy atom. The molecule has 1 aliphatic carbocycles. The number of hydrogen-bond acceptors (Lipinski definition) is 5. The zero-order valence-corrected chi connectivity index (χ0v) is 18.7. The minimum atomic E-state index is -0.303. The van der Waals surface area contributed by atoms with Gasteiger partial charge in [-0.25, -0.2) is 4.39 Å². The van der Waals surface area contributed by atoms with Gasteiger partial charge in [-0.15, -0.1) is 0 Å². The Bertz CT molecular complexity index is 1040. The molecule has 3 aliphatic rings. The third-order valence-corrected chi connectivity index (χ3v) is 7.02. The largest absolute Gasteiger partial charge is 0.496 e. The molecule has 31 heavy (non-hydrogen) atoms. The first kappa shape index (κ1) is 20.5. The molecule has 162 valence electrons. The number of anilines is 1. The van der Waals surface area contributed by atoms with Crippen LogP contribution in [0.2, 0.25) is 0 Å². The summed E-state index contributed by atoms with van der Waals surface area (Å²) in [7, 11) is 1.59. The molecule has 2 fully saturated rings. The molecule has 4 atom stereocenters. The summed E-state index contributed by atoms with van der Waals surface area (Å²) in [6.45, 7) is 0.906. The van der Waals surface area contributed by atoms with E-state index in [0.29, 0.717) is 41.2 Å². The second-order valence-corrected chi connectivity index (χ2v) is 9.11. The van der Waals surface area contributed by atoms with Crippen LogP contribution in [0, 0.1) is 17.7 Å². The van der Waals surface area contributed by atoms with Gasteiger partial charge in [0.25, 0.3) is 0 Å². The quantitative estimate of drug-likeness (QED) is 0.622. The Morgan fingerprint density at radius 2 is 2.03 bits per heavy atom. The maximum absolute atomic E-state index is 14.5. The van der Waals surface area contributed by atoms with Crippen LogP contribution in [0.4, 0.5) is 10.1 Å². The topological polar surface area (TPSA) is 48.0 Å². The maximum atomic E-state index is 14.5. The van der Waals surface area contributed by atoms with E-state index in [2.05, 4.69) is 15.9 Å². The lowest BCUT2D eigenvalue weighted by Gasteiger charge is -2.48. The number of rotatable bonds is 3. The average Bonchev–Trinajstić information content (AvgIpc) is 2.79. The first-order chi connectivity index (χ1) is 15.1. The number of ketones is 1. The van der Waals surface area contributed by atoms with Crippen LogP contribution in [0.5, 0.6) is 5.75 Å². The average molecular weight is 488 g/mol. The second-order valence-electron chi connectivity index (χ2n) is 8.20. The summed E-state index contributed by atoms with van der Waals surface area (Å²) in [6, 6.07) is 12.5. The molecular weight excluding hydrogens is 465 g/mol. The molecule has 0 aromatic heterocycles. The van der Waals surface area contributed by atoms with Gasteiger partial charge in [0.2, 0.25) is 0 Å². The van der Waals surface area contributed by atoms with E-state index in [9.17, 15) is 9.18 Å². The number of nitrogens with zero attached hydrogens (tertiary/aromatic N) is 1. The summed E-state index contributed by atoms with van der Waals surface area (Å²) in [5, 5.41) is 0. The first-order valence-electron chi connectivity index (χ1n) is 10.4. The fourth-order valence-corrected chi connectivity index (χ4v) is 5.34. The molecule has 2 aliphatic heterocycles. The number of ether oxygens (including phenoxy) is 3. The number of allylic oxidation sites excluding steroid dienone is 1. The number of benzene rings is 2. The van der Waals surface area contributed by atoms with Crippen molar-refractivity contribution in [2.75, 3.05) is 25.3 Å². The molecule has 2 heterocycles. The van der Waals surface area contributed by atoms with Crippen LogP contribution < -0.4 is 9.64 Å². The fourth-order valence-electron chi connectivity index (χ4n) is 5.00. The van der Waals surface area contributed by atoms with Crippen molar-refractivity contribution < 1.29 is 23.4 Å². The number of hydrogen-bond donors (Lipinski definition) is 0. The zero-order valence-electron chi connectivity index (χ0n) is 17.1. The molecule has 0 bridgehead atoms. The van der Waals surface area contributed by atoms with Crippen molar-refractivity contribution in [2.45, 2.75) is 25.0 Å². The van der Waals surface area contributed by atoms with E-state index in [1.807, 2.05) is 35.2 Å². The van der Waals surface area contributed by atoms with E-state index in [1.165, 1.54) is 6.07 Å². The van der Waals surface area contributed by atoms with Crippen LogP contribution in [0.25, 0.3) is 5.57 Å².